The lowest BCUT2D eigenvalue weighted by Crippen LogP contribution is -2.28. The molecule has 0 aliphatic carbocycles. The van der Waals surface area contributed by atoms with E-state index in [1.54, 1.807) is 25.4 Å². The van der Waals surface area contributed by atoms with Crippen molar-refractivity contribution in [2.75, 3.05) is 7.11 Å². The average molecular weight is 388 g/mol. The first-order valence-electron chi connectivity index (χ1n) is 9.24. The topological polar surface area (TPSA) is 90.1 Å². The van der Waals surface area contributed by atoms with Crippen molar-refractivity contribution in [2.45, 2.75) is 20.4 Å². The molecule has 0 fully saturated rings. The lowest BCUT2D eigenvalue weighted by atomic mass is 9.98. The quantitative estimate of drug-likeness (QED) is 0.632. The van der Waals surface area contributed by atoms with Gasteiger partial charge in [0.15, 0.2) is 0 Å². The summed E-state index contributed by atoms with van der Waals surface area (Å²) in [5, 5.41) is 2.84. The Morgan fingerprint density at radius 3 is 2.62 bits per heavy atom. The Kier molecular flexibility index (Phi) is 6.24. The molecule has 0 unspecified atom stereocenters. The van der Waals surface area contributed by atoms with Gasteiger partial charge in [-0.3, -0.25) is 14.8 Å². The summed E-state index contributed by atoms with van der Waals surface area (Å²) in [7, 11) is 1.57. The highest BCUT2D eigenvalue weighted by molar-refractivity contribution is 5.96. The Morgan fingerprint density at radius 2 is 1.90 bits per heavy atom. The number of hydrogen-bond acceptors (Lipinski definition) is 5. The molecule has 2 aromatic heterocycles. The summed E-state index contributed by atoms with van der Waals surface area (Å²) in [6.45, 7) is 4.41. The minimum absolute atomic E-state index is 0.0892. The highest BCUT2D eigenvalue weighted by Crippen LogP contribution is 2.24. The molecule has 0 aliphatic heterocycles. The number of rotatable bonds is 6. The number of nitrogens with zero attached hydrogens (tertiary/aromatic N) is 2. The third kappa shape index (κ3) is 5.19. The second-order valence-electron chi connectivity index (χ2n) is 6.74. The summed E-state index contributed by atoms with van der Waals surface area (Å²) in [4.78, 5) is 20.7. The van der Waals surface area contributed by atoms with Crippen LogP contribution in [0.25, 0.3) is 17.2 Å². The molecule has 0 saturated carbocycles. The Morgan fingerprint density at radius 1 is 1.10 bits per heavy atom. The van der Waals surface area contributed by atoms with Crippen LogP contribution in [0.4, 0.5) is 0 Å². The predicted molar refractivity (Wildman–Crippen MR) is 114 cm³/mol. The highest BCUT2D eigenvalue weighted by Gasteiger charge is 2.08. The second kappa shape index (κ2) is 9.01. The van der Waals surface area contributed by atoms with Gasteiger partial charge in [-0.15, -0.1) is 0 Å². The van der Waals surface area contributed by atoms with Gasteiger partial charge in [0.05, 0.1) is 18.5 Å². The molecule has 2 heterocycles. The number of ether oxygens (including phenoxy) is 1. The number of hydrogen-bond donors (Lipinski definition) is 2. The van der Waals surface area contributed by atoms with Gasteiger partial charge in [0.2, 0.25) is 0 Å². The molecule has 3 N–H and O–H groups in total. The molecule has 1 amide bonds. The van der Waals surface area contributed by atoms with Crippen molar-refractivity contribution in [2.24, 2.45) is 5.73 Å². The number of benzene rings is 1. The molecule has 3 aromatic rings. The summed E-state index contributed by atoms with van der Waals surface area (Å²) in [5.41, 5.74) is 11.9. The Hall–Kier alpha value is -3.67. The zero-order chi connectivity index (χ0) is 20.8. The van der Waals surface area contributed by atoms with E-state index in [4.69, 9.17) is 10.5 Å². The van der Waals surface area contributed by atoms with E-state index in [2.05, 4.69) is 40.4 Å². The molecule has 0 radical (unpaired) electrons. The number of carbonyl (C=O) groups excluding carboxylic acids is 1. The van der Waals surface area contributed by atoms with E-state index < -0.39 is 0 Å². The molecule has 0 bridgehead atoms. The van der Waals surface area contributed by atoms with Crippen LogP contribution in [0.2, 0.25) is 0 Å². The van der Waals surface area contributed by atoms with E-state index >= 15 is 0 Å². The normalized spacial score (nSPS) is 11.2. The monoisotopic (exact) mass is 388 g/mol. The molecule has 0 aliphatic rings. The summed E-state index contributed by atoms with van der Waals surface area (Å²) in [6, 6.07) is 13.6. The molecule has 3 rings (SSSR count). The molecule has 29 heavy (non-hydrogen) atoms. The van der Waals surface area contributed by atoms with Gasteiger partial charge in [0.25, 0.3) is 5.91 Å². The summed E-state index contributed by atoms with van der Waals surface area (Å²) in [5.74, 6) is 0.306. The smallest absolute Gasteiger partial charge is 0.267 e. The van der Waals surface area contributed by atoms with Crippen molar-refractivity contribution in [3.05, 3.63) is 83.1 Å². The molecule has 6 heteroatoms. The molecule has 148 valence electrons. The predicted octanol–water partition coefficient (Wildman–Crippen LogP) is 3.39. The molecular formula is C23H24N4O2. The van der Waals surface area contributed by atoms with E-state index in [0.29, 0.717) is 18.0 Å². The Bertz CT molecular complexity index is 1060. The first-order valence-corrected chi connectivity index (χ1v) is 9.24. The maximum absolute atomic E-state index is 12.3. The lowest BCUT2D eigenvalue weighted by molar-refractivity contribution is -0.117. The maximum Gasteiger partial charge on any atom is 0.267 e. The van der Waals surface area contributed by atoms with Gasteiger partial charge in [-0.25, -0.2) is 0 Å². The first-order chi connectivity index (χ1) is 14.0. The van der Waals surface area contributed by atoms with Crippen LogP contribution in [0, 0.1) is 13.8 Å². The third-order valence-electron chi connectivity index (χ3n) is 4.51. The van der Waals surface area contributed by atoms with E-state index in [0.717, 1.165) is 27.9 Å². The van der Waals surface area contributed by atoms with Gasteiger partial charge in [0, 0.05) is 30.7 Å². The standard InChI is InChI=1S/C23H24N4O2/c1-15-10-17(4-5-21(15)18-6-8-25-16(2)11-18)14-27-23(28)22(24)13-19-12-20(29-3)7-9-26-19/h4-13H,14,24H2,1-3H3,(H,27,28). The van der Waals surface area contributed by atoms with Crippen molar-refractivity contribution in [3.8, 4) is 16.9 Å². The molecule has 6 nitrogen and oxygen atoms in total. The highest BCUT2D eigenvalue weighted by atomic mass is 16.5. The van der Waals surface area contributed by atoms with Crippen LogP contribution in [0.1, 0.15) is 22.5 Å². The van der Waals surface area contributed by atoms with E-state index in [-0.39, 0.29) is 11.6 Å². The zero-order valence-electron chi connectivity index (χ0n) is 16.8. The minimum atomic E-state index is -0.346. The number of nitrogens with one attached hydrogen (secondary N) is 1. The summed E-state index contributed by atoms with van der Waals surface area (Å²) in [6.07, 6.45) is 4.94. The van der Waals surface area contributed by atoms with E-state index in [1.165, 1.54) is 6.08 Å². The summed E-state index contributed by atoms with van der Waals surface area (Å²) >= 11 is 0. The third-order valence-corrected chi connectivity index (χ3v) is 4.51. The maximum atomic E-state index is 12.3. The Labute approximate surface area is 170 Å². The SMILES string of the molecule is COc1ccnc(C=C(N)C(=O)NCc2ccc(-c3ccnc(C)c3)c(C)c2)c1. The molecule has 0 atom stereocenters. The first kappa shape index (κ1) is 20.1. The number of pyridine rings is 2. The van der Waals surface area contributed by atoms with E-state index in [9.17, 15) is 4.79 Å². The van der Waals surface area contributed by atoms with Gasteiger partial charge in [0.1, 0.15) is 5.75 Å². The fourth-order valence-electron chi connectivity index (χ4n) is 3.02. The number of amides is 1. The van der Waals surface area contributed by atoms with Crippen molar-refractivity contribution in [1.29, 1.82) is 0 Å². The van der Waals surface area contributed by atoms with Crippen LogP contribution in [-0.2, 0) is 11.3 Å². The lowest BCUT2D eigenvalue weighted by Gasteiger charge is -2.10. The van der Waals surface area contributed by atoms with Gasteiger partial charge in [-0.1, -0.05) is 18.2 Å². The van der Waals surface area contributed by atoms with Crippen LogP contribution in [0.3, 0.4) is 0 Å². The zero-order valence-corrected chi connectivity index (χ0v) is 16.8. The van der Waals surface area contributed by atoms with Gasteiger partial charge in [-0.2, -0.15) is 0 Å². The van der Waals surface area contributed by atoms with Crippen molar-refractivity contribution in [3.63, 3.8) is 0 Å². The van der Waals surface area contributed by atoms with Crippen LogP contribution in [0.5, 0.6) is 5.75 Å². The number of aromatic nitrogens is 2. The molecule has 1 aromatic carbocycles. The fourth-order valence-corrected chi connectivity index (χ4v) is 3.02. The van der Waals surface area contributed by atoms with E-state index in [1.807, 2.05) is 25.3 Å². The number of nitrogens with two attached hydrogens (primary N) is 1. The molecule has 0 saturated heterocycles. The fraction of sp³-hybridized carbons (Fsp3) is 0.174. The molecular weight excluding hydrogens is 364 g/mol. The number of carbonyl (C=O) groups is 1. The largest absolute Gasteiger partial charge is 0.497 e. The van der Waals surface area contributed by atoms with Crippen LogP contribution < -0.4 is 15.8 Å². The Balaban J connectivity index is 1.67. The van der Waals surface area contributed by atoms with Crippen LogP contribution >= 0.6 is 0 Å². The minimum Gasteiger partial charge on any atom is -0.497 e. The van der Waals surface area contributed by atoms with Gasteiger partial charge in [-0.05, 0) is 60.4 Å². The summed E-state index contributed by atoms with van der Waals surface area (Å²) < 4.78 is 5.15. The van der Waals surface area contributed by atoms with Crippen molar-refractivity contribution >= 4 is 12.0 Å². The van der Waals surface area contributed by atoms with Gasteiger partial charge < -0.3 is 15.8 Å². The number of aryl methyl sites for hydroxylation is 2. The van der Waals surface area contributed by atoms with Crippen molar-refractivity contribution < 1.29 is 9.53 Å². The van der Waals surface area contributed by atoms with Gasteiger partial charge >= 0.3 is 0 Å². The van der Waals surface area contributed by atoms with Crippen LogP contribution in [-0.4, -0.2) is 23.0 Å². The van der Waals surface area contributed by atoms with Crippen molar-refractivity contribution in [1.82, 2.24) is 15.3 Å². The number of methoxy groups -OCH3 is 1. The average Bonchev–Trinajstić information content (AvgIpc) is 2.72. The second-order valence-corrected chi connectivity index (χ2v) is 6.74. The molecule has 0 spiro atoms. The van der Waals surface area contributed by atoms with Crippen LogP contribution in [0.15, 0.2) is 60.6 Å².